The topological polar surface area (TPSA) is 62.2 Å². The first-order valence-electron chi connectivity index (χ1n) is 6.63. The zero-order valence-electron chi connectivity index (χ0n) is 11.2. The van der Waals surface area contributed by atoms with Crippen LogP contribution < -0.4 is 5.32 Å². The molecule has 0 radical (unpaired) electrons. The van der Waals surface area contributed by atoms with Crippen molar-refractivity contribution in [2.75, 3.05) is 6.61 Å². The molecule has 2 rings (SSSR count). The van der Waals surface area contributed by atoms with Gasteiger partial charge in [0.25, 0.3) is 0 Å². The number of nitrogens with zero attached hydrogens (tertiary/aromatic N) is 1. The fourth-order valence-corrected chi connectivity index (χ4v) is 2.53. The normalized spacial score (nSPS) is 26.7. The second-order valence-corrected chi connectivity index (χ2v) is 5.39. The third-order valence-corrected chi connectivity index (χ3v) is 3.87. The molecule has 1 aromatic rings. The Morgan fingerprint density at radius 1 is 1.68 bits per heavy atom. The molecule has 0 spiro atoms. The molecular formula is C15H20N2O2. The van der Waals surface area contributed by atoms with Gasteiger partial charge in [-0.05, 0) is 30.5 Å². The highest BCUT2D eigenvalue weighted by molar-refractivity contribution is 5.91. The summed E-state index contributed by atoms with van der Waals surface area (Å²) in [5.74, 6) is -0.115. The Kier molecular flexibility index (Phi) is 4.32. The van der Waals surface area contributed by atoms with Gasteiger partial charge in [-0.3, -0.25) is 9.78 Å². The summed E-state index contributed by atoms with van der Waals surface area (Å²) in [6.45, 7) is 2.14. The number of carbonyl (C=O) groups is 1. The second-order valence-electron chi connectivity index (χ2n) is 5.39. The van der Waals surface area contributed by atoms with Crippen LogP contribution in [0.2, 0.25) is 0 Å². The van der Waals surface area contributed by atoms with Gasteiger partial charge < -0.3 is 10.4 Å². The maximum Gasteiger partial charge on any atom is 0.244 e. The third kappa shape index (κ3) is 3.41. The fourth-order valence-electron chi connectivity index (χ4n) is 2.53. The van der Waals surface area contributed by atoms with Crippen molar-refractivity contribution in [2.45, 2.75) is 32.2 Å². The molecule has 0 aromatic carbocycles. The number of aliphatic hydroxyl groups excluding tert-OH is 1. The smallest absolute Gasteiger partial charge is 0.244 e. The largest absolute Gasteiger partial charge is 0.396 e. The number of amides is 1. The molecule has 1 aromatic heterocycles. The zero-order valence-corrected chi connectivity index (χ0v) is 11.2. The van der Waals surface area contributed by atoms with E-state index in [0.29, 0.717) is 0 Å². The summed E-state index contributed by atoms with van der Waals surface area (Å²) in [6.07, 6.45) is 9.61. The lowest BCUT2D eigenvalue weighted by Crippen LogP contribution is -2.44. The minimum atomic E-state index is -0.183. The molecular weight excluding hydrogens is 240 g/mol. The predicted molar refractivity (Wildman–Crippen MR) is 74.2 cm³/mol. The molecule has 2 unspecified atom stereocenters. The molecule has 0 aliphatic heterocycles. The van der Waals surface area contributed by atoms with Gasteiger partial charge in [-0.1, -0.05) is 19.4 Å². The minimum absolute atomic E-state index is 0.0588. The highest BCUT2D eigenvalue weighted by Crippen LogP contribution is 2.37. The van der Waals surface area contributed by atoms with Crippen LogP contribution in [0.4, 0.5) is 0 Å². The van der Waals surface area contributed by atoms with E-state index in [4.69, 9.17) is 0 Å². The molecule has 102 valence electrons. The molecule has 1 fully saturated rings. The first-order valence-corrected chi connectivity index (χ1v) is 6.63. The van der Waals surface area contributed by atoms with Crippen molar-refractivity contribution >= 4 is 12.0 Å². The number of hydrogen-bond donors (Lipinski definition) is 2. The van der Waals surface area contributed by atoms with Crippen LogP contribution in [0.15, 0.2) is 30.6 Å². The van der Waals surface area contributed by atoms with Crippen LogP contribution in [-0.4, -0.2) is 28.6 Å². The zero-order chi connectivity index (χ0) is 13.7. The van der Waals surface area contributed by atoms with Crippen LogP contribution in [0.3, 0.4) is 0 Å². The number of aliphatic hydroxyl groups is 1. The van der Waals surface area contributed by atoms with Crippen LogP contribution in [0, 0.1) is 5.41 Å². The van der Waals surface area contributed by atoms with E-state index >= 15 is 0 Å². The number of pyridine rings is 1. The number of hydrogen-bond acceptors (Lipinski definition) is 3. The maximum atomic E-state index is 11.9. The van der Waals surface area contributed by atoms with Crippen molar-refractivity contribution in [1.82, 2.24) is 10.3 Å². The molecule has 0 bridgehead atoms. The van der Waals surface area contributed by atoms with E-state index < -0.39 is 0 Å². The van der Waals surface area contributed by atoms with E-state index in [2.05, 4.69) is 10.3 Å². The van der Waals surface area contributed by atoms with E-state index in [9.17, 15) is 9.90 Å². The van der Waals surface area contributed by atoms with E-state index in [1.54, 1.807) is 18.5 Å². The van der Waals surface area contributed by atoms with Gasteiger partial charge in [0.15, 0.2) is 0 Å². The van der Waals surface area contributed by atoms with Crippen LogP contribution in [0.1, 0.15) is 31.7 Å². The third-order valence-electron chi connectivity index (χ3n) is 3.87. The molecule has 1 aliphatic carbocycles. The Morgan fingerprint density at radius 2 is 2.53 bits per heavy atom. The first-order chi connectivity index (χ1) is 9.14. The van der Waals surface area contributed by atoms with Crippen molar-refractivity contribution in [3.63, 3.8) is 0 Å². The van der Waals surface area contributed by atoms with Gasteiger partial charge in [0.2, 0.25) is 5.91 Å². The van der Waals surface area contributed by atoms with Crippen LogP contribution in [0.5, 0.6) is 0 Å². The number of carbonyl (C=O) groups excluding carboxylic acids is 1. The molecule has 2 atom stereocenters. The molecule has 4 nitrogen and oxygen atoms in total. The number of aromatic nitrogens is 1. The predicted octanol–water partition coefficient (Wildman–Crippen LogP) is 1.76. The van der Waals surface area contributed by atoms with Crippen LogP contribution >= 0.6 is 0 Å². The molecule has 1 amide bonds. The lowest BCUT2D eigenvalue weighted by Gasteiger charge is -2.29. The quantitative estimate of drug-likeness (QED) is 0.811. The Balaban J connectivity index is 1.93. The minimum Gasteiger partial charge on any atom is -0.396 e. The Hall–Kier alpha value is -1.68. The number of nitrogens with one attached hydrogen (secondary N) is 1. The SMILES string of the molecule is CC1(CO)CCCC1NC(=O)/C=C/c1cccnc1. The molecule has 2 N–H and O–H groups in total. The highest BCUT2D eigenvalue weighted by Gasteiger charge is 2.38. The summed E-state index contributed by atoms with van der Waals surface area (Å²) < 4.78 is 0. The molecule has 19 heavy (non-hydrogen) atoms. The van der Waals surface area contributed by atoms with Gasteiger partial charge in [0.05, 0.1) is 6.61 Å². The van der Waals surface area contributed by atoms with Gasteiger partial charge >= 0.3 is 0 Å². The summed E-state index contributed by atoms with van der Waals surface area (Å²) in [6, 6.07) is 3.78. The maximum absolute atomic E-state index is 11.9. The van der Waals surface area contributed by atoms with Crippen molar-refractivity contribution < 1.29 is 9.90 Å². The van der Waals surface area contributed by atoms with E-state index in [1.165, 1.54) is 6.08 Å². The van der Waals surface area contributed by atoms with E-state index in [-0.39, 0.29) is 24.0 Å². The van der Waals surface area contributed by atoms with Gasteiger partial charge in [-0.2, -0.15) is 0 Å². The molecule has 1 aliphatic rings. The van der Waals surface area contributed by atoms with Crippen molar-refractivity contribution in [1.29, 1.82) is 0 Å². The number of rotatable bonds is 4. The summed E-state index contributed by atoms with van der Waals surface area (Å²) in [7, 11) is 0. The van der Waals surface area contributed by atoms with Crippen molar-refractivity contribution in [3.8, 4) is 0 Å². The summed E-state index contributed by atoms with van der Waals surface area (Å²) >= 11 is 0. The lowest BCUT2D eigenvalue weighted by atomic mass is 9.86. The first kappa shape index (κ1) is 13.7. The van der Waals surface area contributed by atoms with Crippen LogP contribution in [-0.2, 0) is 4.79 Å². The summed E-state index contributed by atoms with van der Waals surface area (Å²) in [5, 5.41) is 12.4. The van der Waals surface area contributed by atoms with E-state index in [0.717, 1.165) is 24.8 Å². The van der Waals surface area contributed by atoms with Gasteiger partial charge in [0.1, 0.15) is 0 Å². The standard InChI is InChI=1S/C15H20N2O2/c1-15(11-18)8-2-5-13(15)17-14(19)7-6-12-4-3-9-16-10-12/h3-4,6-7,9-10,13,18H,2,5,8,11H2,1H3,(H,17,19)/b7-6+. The molecule has 1 saturated carbocycles. The van der Waals surface area contributed by atoms with Crippen molar-refractivity contribution in [3.05, 3.63) is 36.2 Å². The average Bonchev–Trinajstić information content (AvgIpc) is 2.80. The molecule has 1 heterocycles. The Bertz CT molecular complexity index is 458. The monoisotopic (exact) mass is 260 g/mol. The fraction of sp³-hybridized carbons (Fsp3) is 0.467. The highest BCUT2D eigenvalue weighted by atomic mass is 16.3. The van der Waals surface area contributed by atoms with Crippen molar-refractivity contribution in [2.24, 2.45) is 5.41 Å². The lowest BCUT2D eigenvalue weighted by molar-refractivity contribution is -0.117. The van der Waals surface area contributed by atoms with E-state index in [1.807, 2.05) is 19.1 Å². The average molecular weight is 260 g/mol. The Labute approximate surface area is 113 Å². The van der Waals surface area contributed by atoms with Crippen LogP contribution in [0.25, 0.3) is 6.08 Å². The Morgan fingerprint density at radius 3 is 3.21 bits per heavy atom. The summed E-state index contributed by atoms with van der Waals surface area (Å²) in [4.78, 5) is 15.9. The molecule has 4 heteroatoms. The van der Waals surface area contributed by atoms with Gasteiger partial charge in [0, 0.05) is 29.9 Å². The van der Waals surface area contributed by atoms with Gasteiger partial charge in [-0.25, -0.2) is 0 Å². The second kappa shape index (κ2) is 5.97. The summed E-state index contributed by atoms with van der Waals surface area (Å²) in [5.41, 5.74) is 0.714. The van der Waals surface area contributed by atoms with Gasteiger partial charge in [-0.15, -0.1) is 0 Å². The molecule has 0 saturated heterocycles.